The van der Waals surface area contributed by atoms with Crippen LogP contribution in [0.4, 0.5) is 0 Å². The minimum absolute atomic E-state index is 0.00794. The zero-order valence-corrected chi connectivity index (χ0v) is 22.6. The Morgan fingerprint density at radius 3 is 2.34 bits per heavy atom. The number of benzene rings is 2. The monoisotopic (exact) mass is 633 g/mol. The van der Waals surface area contributed by atoms with Gasteiger partial charge in [0.2, 0.25) is 0 Å². The molecule has 32 heavy (non-hydrogen) atoms. The smallest absolute Gasteiger partial charge is 0.269 e. The average Bonchev–Trinajstić information content (AvgIpc) is 2.73. The first-order valence-corrected chi connectivity index (χ1v) is 12.3. The number of nitrogens with one attached hydrogen (secondary N) is 1. The molecule has 0 unspecified atom stereocenters. The maximum absolute atomic E-state index is 12.4. The Hall–Kier alpha value is -1.62. The average molecular weight is 636 g/mol. The molecule has 174 valence electrons. The van der Waals surface area contributed by atoms with Gasteiger partial charge in [0, 0.05) is 19.5 Å². The van der Waals surface area contributed by atoms with E-state index in [2.05, 4.69) is 63.2 Å². The van der Waals surface area contributed by atoms with E-state index < -0.39 is 5.91 Å². The highest BCUT2D eigenvalue weighted by molar-refractivity contribution is 9.11. The summed E-state index contributed by atoms with van der Waals surface area (Å²) < 4.78 is 8.07. The number of nitrogens with zero attached hydrogens (tertiary/aromatic N) is 2. The van der Waals surface area contributed by atoms with Crippen LogP contribution in [0.1, 0.15) is 17.5 Å². The van der Waals surface area contributed by atoms with E-state index in [1.807, 2.05) is 26.2 Å². The summed E-state index contributed by atoms with van der Waals surface area (Å²) in [5.74, 6) is 0.407. The predicted molar refractivity (Wildman–Crippen MR) is 136 cm³/mol. The number of halogens is 3. The third-order valence-corrected chi connectivity index (χ3v) is 6.33. The molecule has 0 heterocycles. The Balaban J connectivity index is 1.88. The highest BCUT2D eigenvalue weighted by Crippen LogP contribution is 2.35. The third-order valence-electron chi connectivity index (χ3n) is 4.52. The number of rotatable bonds is 11. The number of hydrogen-bond acceptors (Lipinski definition) is 6. The van der Waals surface area contributed by atoms with E-state index in [1.165, 1.54) is 6.07 Å². The lowest BCUT2D eigenvalue weighted by Gasteiger charge is -2.14. The second-order valence-corrected chi connectivity index (χ2v) is 9.97. The fourth-order valence-corrected chi connectivity index (χ4v) is 4.82. The van der Waals surface area contributed by atoms with Gasteiger partial charge in [0.15, 0.2) is 0 Å². The molecule has 2 rings (SSSR count). The Morgan fingerprint density at radius 1 is 1.09 bits per heavy atom. The number of hydrogen-bond donors (Lipinski definition) is 3. The molecule has 10 heteroatoms. The normalized spacial score (nSPS) is 11.6. The van der Waals surface area contributed by atoms with Crippen LogP contribution in [0.15, 0.2) is 48.9 Å². The summed E-state index contributed by atoms with van der Waals surface area (Å²) in [5.41, 5.74) is 1.73. The predicted octanol–water partition coefficient (Wildman–Crippen LogP) is 4.74. The second-order valence-electron chi connectivity index (χ2n) is 7.41. The van der Waals surface area contributed by atoms with Crippen LogP contribution in [0.5, 0.6) is 11.5 Å². The Bertz CT molecular complexity index is 944. The molecule has 0 aromatic heterocycles. The molecule has 0 atom stereocenters. The van der Waals surface area contributed by atoms with Crippen molar-refractivity contribution in [1.82, 2.24) is 10.2 Å². The van der Waals surface area contributed by atoms with Crippen molar-refractivity contribution in [1.29, 1.82) is 0 Å². The highest BCUT2D eigenvalue weighted by atomic mass is 79.9. The summed E-state index contributed by atoms with van der Waals surface area (Å²) in [6.45, 7) is 1.95. The van der Waals surface area contributed by atoms with Gasteiger partial charge in [0.25, 0.3) is 5.91 Å². The molecule has 1 amide bonds. The van der Waals surface area contributed by atoms with E-state index in [-0.39, 0.29) is 17.9 Å². The van der Waals surface area contributed by atoms with Crippen molar-refractivity contribution in [2.24, 2.45) is 5.16 Å². The zero-order chi connectivity index (χ0) is 23.7. The van der Waals surface area contributed by atoms with E-state index in [0.29, 0.717) is 24.0 Å². The number of ether oxygens (including phenoxy) is 1. The van der Waals surface area contributed by atoms with Crippen molar-refractivity contribution in [3.05, 3.63) is 54.9 Å². The summed E-state index contributed by atoms with van der Waals surface area (Å²) in [5, 5.41) is 24.8. The van der Waals surface area contributed by atoms with Crippen molar-refractivity contribution in [3.8, 4) is 11.5 Å². The van der Waals surface area contributed by atoms with Crippen LogP contribution >= 0.6 is 47.8 Å². The van der Waals surface area contributed by atoms with Gasteiger partial charge in [-0.2, -0.15) is 0 Å². The second kappa shape index (κ2) is 13.2. The van der Waals surface area contributed by atoms with E-state index in [0.717, 1.165) is 38.8 Å². The lowest BCUT2D eigenvalue weighted by molar-refractivity contribution is -0.115. The molecule has 2 aromatic rings. The van der Waals surface area contributed by atoms with E-state index in [4.69, 9.17) is 4.74 Å². The molecule has 0 radical (unpaired) electrons. The molecule has 0 saturated heterocycles. The Labute approximate surface area is 213 Å². The van der Waals surface area contributed by atoms with Crippen molar-refractivity contribution in [2.45, 2.75) is 19.3 Å². The van der Waals surface area contributed by atoms with Gasteiger partial charge in [-0.1, -0.05) is 11.2 Å². The Morgan fingerprint density at radius 2 is 1.75 bits per heavy atom. The van der Waals surface area contributed by atoms with Crippen LogP contribution < -0.4 is 10.1 Å². The minimum Gasteiger partial charge on any atom is -0.507 e. The number of phenolic OH excluding ortho intramolecular Hbond substituents is 1. The lowest BCUT2D eigenvalue weighted by Crippen LogP contribution is -2.33. The first-order chi connectivity index (χ1) is 15.2. The molecule has 7 nitrogen and oxygen atoms in total. The van der Waals surface area contributed by atoms with Gasteiger partial charge in [-0.05, 0) is 110 Å². The molecule has 2 aromatic carbocycles. The Kier molecular flexibility index (Phi) is 11.0. The molecule has 0 spiro atoms. The van der Waals surface area contributed by atoms with Crippen LogP contribution in [-0.2, 0) is 17.6 Å². The van der Waals surface area contributed by atoms with Gasteiger partial charge in [-0.25, -0.2) is 0 Å². The molecule has 0 aliphatic carbocycles. The number of aromatic hydroxyl groups is 1. The summed E-state index contributed by atoms with van der Waals surface area (Å²) >= 11 is 10.3. The molecule has 3 N–H and O–H groups in total. The molecule has 0 fully saturated rings. The van der Waals surface area contributed by atoms with E-state index >= 15 is 0 Å². The summed E-state index contributed by atoms with van der Waals surface area (Å²) in [6, 6.07) is 8.78. The van der Waals surface area contributed by atoms with Gasteiger partial charge in [0.05, 0.1) is 20.0 Å². The van der Waals surface area contributed by atoms with Gasteiger partial charge in [-0.3, -0.25) is 4.79 Å². The van der Waals surface area contributed by atoms with Gasteiger partial charge < -0.3 is 25.3 Å². The number of oxime groups is 1. The van der Waals surface area contributed by atoms with Crippen molar-refractivity contribution in [3.63, 3.8) is 0 Å². The summed E-state index contributed by atoms with van der Waals surface area (Å²) in [4.78, 5) is 14.5. The van der Waals surface area contributed by atoms with Crippen LogP contribution in [-0.4, -0.2) is 60.6 Å². The lowest BCUT2D eigenvalue weighted by atomic mass is 10.1. The van der Waals surface area contributed by atoms with E-state index in [1.54, 1.807) is 12.1 Å². The molecule has 0 aliphatic rings. The van der Waals surface area contributed by atoms with Gasteiger partial charge in [0.1, 0.15) is 17.2 Å². The van der Waals surface area contributed by atoms with E-state index in [9.17, 15) is 15.1 Å². The molecule has 0 aliphatic heterocycles. The number of amides is 1. The fourth-order valence-electron chi connectivity index (χ4n) is 2.89. The summed E-state index contributed by atoms with van der Waals surface area (Å²) in [6.07, 6.45) is 1.65. The minimum atomic E-state index is -0.448. The van der Waals surface area contributed by atoms with Crippen molar-refractivity contribution in [2.75, 3.05) is 33.8 Å². The maximum atomic E-state index is 12.4. The largest absolute Gasteiger partial charge is 0.507 e. The first kappa shape index (κ1) is 26.6. The molecular formula is C22H26Br3N3O4. The highest BCUT2D eigenvalue weighted by Gasteiger charge is 2.14. The van der Waals surface area contributed by atoms with Gasteiger partial charge in [-0.15, -0.1) is 0 Å². The third kappa shape index (κ3) is 8.38. The van der Waals surface area contributed by atoms with Crippen LogP contribution in [0.2, 0.25) is 0 Å². The van der Waals surface area contributed by atoms with Gasteiger partial charge >= 0.3 is 0 Å². The van der Waals surface area contributed by atoms with Crippen LogP contribution in [0, 0.1) is 0 Å². The SMILES string of the molecule is CN(C)CCCOc1c(Br)cc(CCNC(=O)/C(Cc2ccc(O)c(Br)c2)=N/O)cc1Br. The quantitative estimate of drug-likeness (QED) is 0.144. The number of carbonyl (C=O) groups is 1. The van der Waals surface area contributed by atoms with Crippen molar-refractivity contribution < 1.29 is 19.8 Å². The first-order valence-electron chi connectivity index (χ1n) is 9.93. The molecular weight excluding hydrogens is 610 g/mol. The summed E-state index contributed by atoms with van der Waals surface area (Å²) in [7, 11) is 4.06. The van der Waals surface area contributed by atoms with Crippen LogP contribution in [0.3, 0.4) is 0 Å². The molecule has 0 bridgehead atoms. The molecule has 0 saturated carbocycles. The number of carbonyl (C=O) groups excluding carboxylic acids is 1. The van der Waals surface area contributed by atoms with Crippen LogP contribution in [0.25, 0.3) is 0 Å². The maximum Gasteiger partial charge on any atom is 0.269 e. The number of phenols is 1. The van der Waals surface area contributed by atoms with Crippen molar-refractivity contribution >= 4 is 59.4 Å². The standard InChI is InChI=1S/C22H26Br3N3O4/c1-28(2)8-3-9-32-21-17(24)11-15(12-18(21)25)6-7-26-22(30)19(27-31)13-14-4-5-20(29)16(23)10-14/h4-5,10-12,29,31H,3,6-9,13H2,1-2H3,(H,26,30)/b27-19+. The zero-order valence-electron chi connectivity index (χ0n) is 17.9. The topological polar surface area (TPSA) is 94.4 Å². The fraction of sp³-hybridized carbons (Fsp3) is 0.364.